The van der Waals surface area contributed by atoms with Crippen LogP contribution in [0.3, 0.4) is 0 Å². The first kappa shape index (κ1) is 21.5. The van der Waals surface area contributed by atoms with Gasteiger partial charge in [0.05, 0.1) is 24.0 Å². The third-order valence-corrected chi connectivity index (χ3v) is 5.62. The van der Waals surface area contributed by atoms with E-state index in [0.29, 0.717) is 17.2 Å². The second kappa shape index (κ2) is 8.43. The number of amides is 1. The summed E-state index contributed by atoms with van der Waals surface area (Å²) in [6.07, 6.45) is 1.45. The standard InChI is InChI=1S/C24H21ClN2O5/c1-26(2)15-7-9-16(10-8-15)27-21(19-5-4-12-32-19)20(23(29)24(27)30)22(28)14-6-11-18(31-3)17(25)13-14/h4-13,21,28H,1-3H3/b22-20-. The van der Waals surface area contributed by atoms with Crippen LogP contribution in [0.5, 0.6) is 5.75 Å². The number of nitrogens with zero attached hydrogens (tertiary/aromatic N) is 2. The number of benzene rings is 2. The van der Waals surface area contributed by atoms with E-state index in [4.69, 9.17) is 20.8 Å². The Morgan fingerprint density at radius 1 is 1.12 bits per heavy atom. The fourth-order valence-corrected chi connectivity index (χ4v) is 3.95. The summed E-state index contributed by atoms with van der Waals surface area (Å²) >= 11 is 6.20. The number of carbonyl (C=O) groups excluding carboxylic acids is 2. The molecule has 0 saturated carbocycles. The number of ether oxygens (including phenoxy) is 1. The highest BCUT2D eigenvalue weighted by atomic mass is 35.5. The zero-order valence-corrected chi connectivity index (χ0v) is 18.5. The summed E-state index contributed by atoms with van der Waals surface area (Å²) in [7, 11) is 5.29. The molecule has 1 unspecified atom stereocenters. The molecule has 1 aliphatic heterocycles. The Morgan fingerprint density at radius 2 is 1.84 bits per heavy atom. The highest BCUT2D eigenvalue weighted by molar-refractivity contribution is 6.51. The molecular weight excluding hydrogens is 432 g/mol. The molecule has 1 aliphatic rings. The van der Waals surface area contributed by atoms with E-state index in [0.717, 1.165) is 5.69 Å². The van der Waals surface area contributed by atoms with Gasteiger partial charge in [-0.2, -0.15) is 0 Å². The van der Waals surface area contributed by atoms with Crippen molar-refractivity contribution >= 4 is 40.4 Å². The van der Waals surface area contributed by atoms with Crippen LogP contribution in [0.4, 0.5) is 11.4 Å². The Balaban J connectivity index is 1.87. The van der Waals surface area contributed by atoms with Gasteiger partial charge in [0.2, 0.25) is 0 Å². The van der Waals surface area contributed by atoms with Gasteiger partial charge >= 0.3 is 0 Å². The van der Waals surface area contributed by atoms with Crippen LogP contribution in [0.25, 0.3) is 5.76 Å². The van der Waals surface area contributed by atoms with Crippen molar-refractivity contribution in [3.05, 3.63) is 82.8 Å². The van der Waals surface area contributed by atoms with E-state index < -0.39 is 17.7 Å². The molecule has 1 fully saturated rings. The Bertz CT molecular complexity index is 1200. The molecular formula is C24H21ClN2O5. The van der Waals surface area contributed by atoms with Crippen LogP contribution in [-0.4, -0.2) is 38.0 Å². The largest absolute Gasteiger partial charge is 0.507 e. The molecule has 1 N–H and O–H groups in total. The fourth-order valence-electron chi connectivity index (χ4n) is 3.70. The molecule has 1 amide bonds. The van der Waals surface area contributed by atoms with Gasteiger partial charge in [0, 0.05) is 31.0 Å². The molecule has 32 heavy (non-hydrogen) atoms. The minimum atomic E-state index is -0.934. The predicted octanol–water partition coefficient (Wildman–Crippen LogP) is 4.63. The lowest BCUT2D eigenvalue weighted by Crippen LogP contribution is -2.29. The van der Waals surface area contributed by atoms with Crippen molar-refractivity contribution < 1.29 is 23.8 Å². The number of aliphatic hydroxyl groups excluding tert-OH is 1. The first-order valence-electron chi connectivity index (χ1n) is 9.79. The van der Waals surface area contributed by atoms with Gasteiger partial charge in [0.1, 0.15) is 23.3 Å². The smallest absolute Gasteiger partial charge is 0.300 e. The Labute approximate surface area is 190 Å². The highest BCUT2D eigenvalue weighted by Gasteiger charge is 2.48. The molecule has 2 aromatic carbocycles. The average molecular weight is 453 g/mol. The number of furan rings is 1. The van der Waals surface area contributed by atoms with E-state index in [2.05, 4.69) is 0 Å². The summed E-state index contributed by atoms with van der Waals surface area (Å²) < 4.78 is 10.7. The molecule has 1 aromatic heterocycles. The van der Waals surface area contributed by atoms with Crippen molar-refractivity contribution in [1.82, 2.24) is 0 Å². The molecule has 0 bridgehead atoms. The summed E-state index contributed by atoms with van der Waals surface area (Å²) in [6.45, 7) is 0. The zero-order valence-electron chi connectivity index (χ0n) is 17.7. The molecule has 8 heteroatoms. The van der Waals surface area contributed by atoms with Crippen LogP contribution in [0.1, 0.15) is 17.4 Å². The average Bonchev–Trinajstić information content (AvgIpc) is 3.40. The van der Waals surface area contributed by atoms with Crippen molar-refractivity contribution in [1.29, 1.82) is 0 Å². The van der Waals surface area contributed by atoms with Crippen LogP contribution < -0.4 is 14.5 Å². The molecule has 4 rings (SSSR count). The first-order valence-corrected chi connectivity index (χ1v) is 10.2. The summed E-state index contributed by atoms with van der Waals surface area (Å²) in [6, 6.07) is 14.2. The minimum Gasteiger partial charge on any atom is -0.507 e. The van der Waals surface area contributed by atoms with E-state index in [-0.39, 0.29) is 21.9 Å². The number of aliphatic hydroxyl groups is 1. The maximum atomic E-state index is 13.1. The number of carbonyl (C=O) groups is 2. The number of hydrogen-bond donors (Lipinski definition) is 1. The second-order valence-electron chi connectivity index (χ2n) is 7.44. The summed E-state index contributed by atoms with van der Waals surface area (Å²) in [5.74, 6) is -1.14. The van der Waals surface area contributed by atoms with E-state index in [1.807, 2.05) is 31.1 Å². The number of anilines is 2. The van der Waals surface area contributed by atoms with Crippen molar-refractivity contribution in [3.63, 3.8) is 0 Å². The monoisotopic (exact) mass is 452 g/mol. The minimum absolute atomic E-state index is 0.0807. The van der Waals surface area contributed by atoms with Gasteiger partial charge in [-0.25, -0.2) is 0 Å². The van der Waals surface area contributed by atoms with Crippen molar-refractivity contribution in [3.8, 4) is 5.75 Å². The van der Waals surface area contributed by atoms with Crippen LogP contribution in [0, 0.1) is 0 Å². The van der Waals surface area contributed by atoms with Crippen LogP contribution in [0.2, 0.25) is 5.02 Å². The van der Waals surface area contributed by atoms with Gasteiger partial charge in [0.25, 0.3) is 11.7 Å². The molecule has 0 spiro atoms. The van der Waals surface area contributed by atoms with E-state index >= 15 is 0 Å². The topological polar surface area (TPSA) is 83.2 Å². The van der Waals surface area contributed by atoms with Crippen molar-refractivity contribution in [2.24, 2.45) is 0 Å². The first-order chi connectivity index (χ1) is 15.3. The number of hydrogen-bond acceptors (Lipinski definition) is 6. The summed E-state index contributed by atoms with van der Waals surface area (Å²) in [5.41, 5.74) is 1.65. The maximum Gasteiger partial charge on any atom is 0.300 e. The van der Waals surface area contributed by atoms with Crippen LogP contribution in [0.15, 0.2) is 70.9 Å². The van der Waals surface area contributed by atoms with Gasteiger partial charge in [-0.3, -0.25) is 14.5 Å². The lowest BCUT2D eigenvalue weighted by Gasteiger charge is -2.24. The fraction of sp³-hybridized carbons (Fsp3) is 0.167. The molecule has 1 atom stereocenters. The molecule has 1 saturated heterocycles. The molecule has 0 aliphatic carbocycles. The lowest BCUT2D eigenvalue weighted by atomic mass is 9.99. The van der Waals surface area contributed by atoms with Crippen LogP contribution >= 0.6 is 11.6 Å². The zero-order chi connectivity index (χ0) is 23.0. The van der Waals surface area contributed by atoms with Crippen LogP contribution in [-0.2, 0) is 9.59 Å². The van der Waals surface area contributed by atoms with Gasteiger partial charge in [0.15, 0.2) is 0 Å². The summed E-state index contributed by atoms with van der Waals surface area (Å²) in [5, 5.41) is 11.3. The number of halogens is 1. The van der Waals surface area contributed by atoms with Crippen molar-refractivity contribution in [2.45, 2.75) is 6.04 Å². The molecule has 2 heterocycles. The van der Waals surface area contributed by atoms with E-state index in [9.17, 15) is 14.7 Å². The van der Waals surface area contributed by atoms with E-state index in [1.165, 1.54) is 24.3 Å². The quantitative estimate of drug-likeness (QED) is 0.345. The lowest BCUT2D eigenvalue weighted by molar-refractivity contribution is -0.132. The second-order valence-corrected chi connectivity index (χ2v) is 7.85. The van der Waals surface area contributed by atoms with Gasteiger partial charge in [-0.15, -0.1) is 0 Å². The molecule has 3 aromatic rings. The number of rotatable bonds is 5. The number of Topliss-reactive ketones (excluding diaryl/α,β-unsaturated/α-hetero) is 1. The predicted molar refractivity (Wildman–Crippen MR) is 122 cm³/mol. The molecule has 7 nitrogen and oxygen atoms in total. The summed E-state index contributed by atoms with van der Waals surface area (Å²) in [4.78, 5) is 29.4. The van der Waals surface area contributed by atoms with Crippen molar-refractivity contribution in [2.75, 3.05) is 31.0 Å². The van der Waals surface area contributed by atoms with E-state index in [1.54, 1.807) is 36.4 Å². The third kappa shape index (κ3) is 3.61. The Morgan fingerprint density at radius 3 is 2.41 bits per heavy atom. The number of methoxy groups -OCH3 is 1. The van der Waals surface area contributed by atoms with Gasteiger partial charge in [-0.1, -0.05) is 11.6 Å². The van der Waals surface area contributed by atoms with Gasteiger partial charge in [-0.05, 0) is 54.6 Å². The van der Waals surface area contributed by atoms with Gasteiger partial charge < -0.3 is 19.2 Å². The number of ketones is 1. The molecule has 164 valence electrons. The highest BCUT2D eigenvalue weighted by Crippen LogP contribution is 2.43. The SMILES string of the molecule is COc1ccc(/C(O)=C2/C(=O)C(=O)N(c3ccc(N(C)C)cc3)C2c2ccco2)cc1Cl. The molecule has 0 radical (unpaired) electrons. The normalized spacial score (nSPS) is 17.6. The maximum absolute atomic E-state index is 13.1. The Kier molecular flexibility index (Phi) is 5.67. The Hall–Kier alpha value is -3.71. The third-order valence-electron chi connectivity index (χ3n) is 5.33.